The molecule has 0 radical (unpaired) electrons. The second-order valence-corrected chi connectivity index (χ2v) is 6.97. The van der Waals surface area contributed by atoms with Crippen LogP contribution in [0.1, 0.15) is 18.5 Å². The van der Waals surface area contributed by atoms with Gasteiger partial charge in [0, 0.05) is 38.0 Å². The van der Waals surface area contributed by atoms with Crippen molar-refractivity contribution < 1.29 is 9.18 Å². The number of anilines is 1. The molecule has 150 valence electrons. The van der Waals surface area contributed by atoms with E-state index < -0.39 is 5.82 Å². The van der Waals surface area contributed by atoms with Crippen molar-refractivity contribution in [3.63, 3.8) is 0 Å². The predicted molar refractivity (Wildman–Crippen MR) is 106 cm³/mol. The molecule has 3 heterocycles. The van der Waals surface area contributed by atoms with Gasteiger partial charge in [-0.05, 0) is 18.9 Å². The van der Waals surface area contributed by atoms with E-state index in [0.717, 1.165) is 23.5 Å². The molecule has 0 atom stereocenters. The molecule has 29 heavy (non-hydrogen) atoms. The number of aromatic nitrogens is 4. The average molecular weight is 396 g/mol. The molecule has 1 aliphatic heterocycles. The molecule has 3 aromatic rings. The maximum Gasteiger partial charge on any atom is 0.272 e. The fraction of sp³-hybridized carbons (Fsp3) is 0.350. The monoisotopic (exact) mass is 396 g/mol. The van der Waals surface area contributed by atoms with Crippen LogP contribution in [0.2, 0.25) is 0 Å². The quantitative estimate of drug-likeness (QED) is 0.703. The van der Waals surface area contributed by atoms with Gasteiger partial charge in [-0.1, -0.05) is 18.2 Å². The molecule has 1 N–H and O–H groups in total. The summed E-state index contributed by atoms with van der Waals surface area (Å²) in [5, 5.41) is 8.13. The second-order valence-electron chi connectivity index (χ2n) is 6.97. The first-order valence-corrected chi connectivity index (χ1v) is 9.58. The Bertz CT molecular complexity index is 1060. The van der Waals surface area contributed by atoms with Gasteiger partial charge < -0.3 is 9.80 Å². The molecule has 1 aliphatic rings. The van der Waals surface area contributed by atoms with Crippen molar-refractivity contribution in [2.45, 2.75) is 19.3 Å². The van der Waals surface area contributed by atoms with Crippen LogP contribution in [0.3, 0.4) is 0 Å². The Morgan fingerprint density at radius 1 is 1.07 bits per heavy atom. The first-order valence-electron chi connectivity index (χ1n) is 9.58. The van der Waals surface area contributed by atoms with Gasteiger partial charge >= 0.3 is 0 Å². The maximum absolute atomic E-state index is 13.0. The molecular weight excluding hydrogens is 375 g/mol. The Labute approximate surface area is 166 Å². The third kappa shape index (κ3) is 4.23. The third-order valence-electron chi connectivity index (χ3n) is 5.10. The Morgan fingerprint density at radius 3 is 2.48 bits per heavy atom. The summed E-state index contributed by atoms with van der Waals surface area (Å²) in [7, 11) is 0. The lowest BCUT2D eigenvalue weighted by molar-refractivity contribution is -0.131. The first-order chi connectivity index (χ1) is 14.1. The molecule has 1 amide bonds. The fourth-order valence-corrected chi connectivity index (χ4v) is 3.55. The Kier molecular flexibility index (Phi) is 5.46. The summed E-state index contributed by atoms with van der Waals surface area (Å²) >= 11 is 0. The van der Waals surface area contributed by atoms with E-state index in [-0.39, 0.29) is 11.5 Å². The molecule has 2 aromatic heterocycles. The van der Waals surface area contributed by atoms with Crippen LogP contribution in [0, 0.1) is 5.82 Å². The Hall–Kier alpha value is -3.36. The molecule has 0 bridgehead atoms. The van der Waals surface area contributed by atoms with Gasteiger partial charge in [0.05, 0.1) is 23.5 Å². The van der Waals surface area contributed by atoms with E-state index in [1.54, 1.807) is 6.07 Å². The highest BCUT2D eigenvalue weighted by Crippen LogP contribution is 2.16. The molecule has 0 spiro atoms. The normalized spacial score (nSPS) is 14.4. The van der Waals surface area contributed by atoms with Crippen molar-refractivity contribution in [1.29, 1.82) is 0 Å². The number of benzene rings is 1. The van der Waals surface area contributed by atoms with E-state index in [9.17, 15) is 14.0 Å². The highest BCUT2D eigenvalue weighted by Gasteiger charge is 2.22. The van der Waals surface area contributed by atoms with Crippen LogP contribution in [-0.4, -0.2) is 57.2 Å². The summed E-state index contributed by atoms with van der Waals surface area (Å²) in [6.45, 7) is 2.39. The number of rotatable bonds is 5. The van der Waals surface area contributed by atoms with Gasteiger partial charge in [0.1, 0.15) is 0 Å². The van der Waals surface area contributed by atoms with Crippen LogP contribution in [-0.2, 0) is 11.2 Å². The van der Waals surface area contributed by atoms with Gasteiger partial charge in [-0.3, -0.25) is 9.59 Å². The summed E-state index contributed by atoms with van der Waals surface area (Å²) in [6, 6.07) is 7.35. The van der Waals surface area contributed by atoms with Crippen LogP contribution in [0.5, 0.6) is 0 Å². The average Bonchev–Trinajstić information content (AvgIpc) is 2.76. The van der Waals surface area contributed by atoms with Crippen LogP contribution >= 0.6 is 0 Å². The van der Waals surface area contributed by atoms with Gasteiger partial charge in [-0.25, -0.2) is 19.5 Å². The smallest absolute Gasteiger partial charge is 0.272 e. The lowest BCUT2D eigenvalue weighted by Gasteiger charge is -2.34. The van der Waals surface area contributed by atoms with Crippen molar-refractivity contribution in [2.24, 2.45) is 0 Å². The van der Waals surface area contributed by atoms with Gasteiger partial charge in [-0.2, -0.15) is 5.10 Å². The first kappa shape index (κ1) is 19.0. The van der Waals surface area contributed by atoms with Gasteiger partial charge in [-0.15, -0.1) is 0 Å². The van der Waals surface area contributed by atoms with Crippen molar-refractivity contribution in [3.05, 3.63) is 58.5 Å². The highest BCUT2D eigenvalue weighted by molar-refractivity contribution is 5.83. The van der Waals surface area contributed by atoms with Crippen molar-refractivity contribution in [3.8, 4) is 0 Å². The van der Waals surface area contributed by atoms with Crippen LogP contribution in [0.4, 0.5) is 10.3 Å². The SMILES string of the molecule is O=C(CCCc1n[nH]c(=O)c2ccccc12)N1CCN(c2ncc(F)cn2)CC1. The standard InChI is InChI=1S/C20H21FN6O2/c21-14-12-22-20(23-13-14)27-10-8-26(9-11-27)18(28)7-3-6-17-15-4-1-2-5-16(15)19(29)25-24-17/h1-2,4-5,12-13H,3,6-11H2,(H,25,29). The number of hydrogen-bond donors (Lipinski definition) is 1. The number of H-pyrrole nitrogens is 1. The molecule has 0 unspecified atom stereocenters. The molecule has 0 aliphatic carbocycles. The minimum atomic E-state index is -0.465. The number of nitrogens with one attached hydrogen (secondary N) is 1. The Balaban J connectivity index is 1.29. The summed E-state index contributed by atoms with van der Waals surface area (Å²) in [6.07, 6.45) is 3.99. The number of carbonyl (C=O) groups is 1. The number of hydrogen-bond acceptors (Lipinski definition) is 6. The maximum atomic E-state index is 13.0. The zero-order valence-corrected chi connectivity index (χ0v) is 15.8. The van der Waals surface area contributed by atoms with E-state index >= 15 is 0 Å². The molecule has 1 saturated heterocycles. The van der Waals surface area contributed by atoms with Crippen molar-refractivity contribution >= 4 is 22.6 Å². The van der Waals surface area contributed by atoms with Crippen molar-refractivity contribution in [1.82, 2.24) is 25.1 Å². The van der Waals surface area contributed by atoms with Crippen molar-refractivity contribution in [2.75, 3.05) is 31.1 Å². The summed E-state index contributed by atoms with van der Waals surface area (Å²) in [5.74, 6) is 0.111. The molecule has 1 aromatic carbocycles. The lowest BCUT2D eigenvalue weighted by Crippen LogP contribution is -2.49. The van der Waals surface area contributed by atoms with E-state index in [1.165, 1.54) is 0 Å². The van der Waals surface area contributed by atoms with Gasteiger partial charge in [0.2, 0.25) is 11.9 Å². The third-order valence-corrected chi connectivity index (χ3v) is 5.10. The highest BCUT2D eigenvalue weighted by atomic mass is 19.1. The lowest BCUT2D eigenvalue weighted by atomic mass is 10.1. The number of piperazine rings is 1. The Morgan fingerprint density at radius 2 is 1.76 bits per heavy atom. The summed E-state index contributed by atoms with van der Waals surface area (Å²) < 4.78 is 13.0. The number of halogens is 1. The number of amides is 1. The summed E-state index contributed by atoms with van der Waals surface area (Å²) in [4.78, 5) is 36.2. The molecule has 4 rings (SSSR count). The topological polar surface area (TPSA) is 95.1 Å². The number of nitrogens with zero attached hydrogens (tertiary/aromatic N) is 5. The van der Waals surface area contributed by atoms with Crippen LogP contribution < -0.4 is 10.5 Å². The number of aryl methyl sites for hydroxylation is 1. The predicted octanol–water partition coefficient (Wildman–Crippen LogP) is 1.52. The van der Waals surface area contributed by atoms with E-state index in [1.807, 2.05) is 28.0 Å². The van der Waals surface area contributed by atoms with Gasteiger partial charge in [0.25, 0.3) is 5.56 Å². The minimum Gasteiger partial charge on any atom is -0.339 e. The second kappa shape index (κ2) is 8.34. The van der Waals surface area contributed by atoms with Crippen LogP contribution in [0.15, 0.2) is 41.5 Å². The largest absolute Gasteiger partial charge is 0.339 e. The number of aromatic amines is 1. The molecule has 1 fully saturated rings. The van der Waals surface area contributed by atoms with E-state index in [0.29, 0.717) is 56.8 Å². The number of carbonyl (C=O) groups excluding carboxylic acids is 1. The molecule has 0 saturated carbocycles. The molecule has 8 nitrogen and oxygen atoms in total. The molecule has 9 heteroatoms. The number of fused-ring (bicyclic) bond motifs is 1. The van der Waals surface area contributed by atoms with E-state index in [2.05, 4.69) is 20.2 Å². The van der Waals surface area contributed by atoms with E-state index in [4.69, 9.17) is 0 Å². The zero-order chi connectivity index (χ0) is 20.2. The van der Waals surface area contributed by atoms with Gasteiger partial charge in [0.15, 0.2) is 5.82 Å². The van der Waals surface area contributed by atoms with Crippen LogP contribution in [0.25, 0.3) is 10.8 Å². The summed E-state index contributed by atoms with van der Waals surface area (Å²) in [5.41, 5.74) is 0.592. The molecular formula is C20H21FN6O2. The zero-order valence-electron chi connectivity index (χ0n) is 15.8. The minimum absolute atomic E-state index is 0.0957. The fourth-order valence-electron chi connectivity index (χ4n) is 3.55.